The first-order valence-corrected chi connectivity index (χ1v) is 7.35. The van der Waals surface area contributed by atoms with Crippen molar-refractivity contribution in [1.29, 1.82) is 0 Å². The molecule has 2 nitrogen and oxygen atoms in total. The number of nitrogens with one attached hydrogen (secondary N) is 1. The molecule has 0 aromatic heterocycles. The number of rotatable bonds is 6. The molecule has 0 amide bonds. The van der Waals surface area contributed by atoms with Crippen LogP contribution in [0.15, 0.2) is 18.2 Å². The lowest BCUT2D eigenvalue weighted by Gasteiger charge is -2.21. The summed E-state index contributed by atoms with van der Waals surface area (Å²) in [6.07, 6.45) is 1.09. The van der Waals surface area contributed by atoms with Gasteiger partial charge in [-0.25, -0.2) is 0 Å². The summed E-state index contributed by atoms with van der Waals surface area (Å²) in [6.45, 7) is 14.0. The highest BCUT2D eigenvalue weighted by molar-refractivity contribution is 5.34. The molecule has 1 unspecified atom stereocenters. The van der Waals surface area contributed by atoms with E-state index in [9.17, 15) is 0 Å². The first kappa shape index (κ1) is 16.2. The molecule has 1 atom stereocenters. The summed E-state index contributed by atoms with van der Waals surface area (Å²) >= 11 is 0. The normalized spacial score (nSPS) is 13.6. The van der Waals surface area contributed by atoms with Crippen LogP contribution in [0.5, 0.6) is 0 Å². The van der Waals surface area contributed by atoms with E-state index in [2.05, 4.69) is 58.1 Å². The van der Waals surface area contributed by atoms with Crippen molar-refractivity contribution in [3.05, 3.63) is 34.9 Å². The van der Waals surface area contributed by atoms with Gasteiger partial charge in [-0.3, -0.25) is 0 Å². The molecule has 0 fully saturated rings. The number of aryl methyl sites for hydroxylation is 1. The van der Waals surface area contributed by atoms with E-state index in [1.807, 2.05) is 0 Å². The Hall–Kier alpha value is -0.860. The fraction of sp³-hybridized carbons (Fsp3) is 0.647. The van der Waals surface area contributed by atoms with Crippen molar-refractivity contribution >= 4 is 0 Å². The monoisotopic (exact) mass is 262 g/mol. The molecule has 0 saturated carbocycles. The van der Waals surface area contributed by atoms with E-state index in [1.54, 1.807) is 0 Å². The van der Waals surface area contributed by atoms with Gasteiger partial charge in [0.25, 0.3) is 0 Å². The predicted octanol–water partition coefficient (Wildman–Crippen LogP) is 3.37. The van der Waals surface area contributed by atoms with E-state index < -0.39 is 0 Å². The Morgan fingerprint density at radius 3 is 2.53 bits per heavy atom. The van der Waals surface area contributed by atoms with Crippen molar-refractivity contribution in [3.8, 4) is 0 Å². The molecule has 1 aromatic carbocycles. The van der Waals surface area contributed by atoms with Crippen molar-refractivity contribution < 1.29 is 0 Å². The topological polar surface area (TPSA) is 38.0 Å². The second-order valence-electron chi connectivity index (χ2n) is 6.70. The van der Waals surface area contributed by atoms with E-state index in [0.29, 0.717) is 5.92 Å². The van der Waals surface area contributed by atoms with Gasteiger partial charge in [-0.05, 0) is 54.5 Å². The minimum Gasteiger partial charge on any atom is -0.330 e. The van der Waals surface area contributed by atoms with Gasteiger partial charge in [-0.2, -0.15) is 0 Å². The van der Waals surface area contributed by atoms with Crippen LogP contribution in [0.1, 0.15) is 50.8 Å². The van der Waals surface area contributed by atoms with Crippen molar-refractivity contribution in [2.75, 3.05) is 13.1 Å². The number of benzene rings is 1. The first-order chi connectivity index (χ1) is 8.84. The molecule has 0 radical (unpaired) electrons. The van der Waals surface area contributed by atoms with Crippen LogP contribution < -0.4 is 11.1 Å². The Balaban J connectivity index is 2.63. The standard InChI is InChI=1S/C17H30N2/c1-13(8-9-18)11-19-12-15-10-16(17(3,4)5)7-6-14(15)2/h6-7,10,13,19H,8-9,11-12,18H2,1-5H3. The smallest absolute Gasteiger partial charge is 0.0208 e. The number of hydrogen-bond acceptors (Lipinski definition) is 2. The molecule has 0 spiro atoms. The van der Waals surface area contributed by atoms with Crippen molar-refractivity contribution in [2.24, 2.45) is 11.7 Å². The third kappa shape index (κ3) is 5.33. The summed E-state index contributed by atoms with van der Waals surface area (Å²) in [5.74, 6) is 0.649. The van der Waals surface area contributed by atoms with Crippen LogP contribution >= 0.6 is 0 Å². The van der Waals surface area contributed by atoms with Crippen molar-refractivity contribution in [2.45, 2.75) is 53.0 Å². The Bertz CT molecular complexity index is 391. The third-order valence-electron chi connectivity index (χ3n) is 3.68. The fourth-order valence-electron chi connectivity index (χ4n) is 2.17. The highest BCUT2D eigenvalue weighted by Crippen LogP contribution is 2.24. The minimum atomic E-state index is 0.218. The van der Waals surface area contributed by atoms with E-state index in [1.165, 1.54) is 16.7 Å². The molecule has 0 aliphatic carbocycles. The fourth-order valence-corrected chi connectivity index (χ4v) is 2.17. The number of hydrogen-bond donors (Lipinski definition) is 2. The Labute approximate surface area is 118 Å². The largest absolute Gasteiger partial charge is 0.330 e. The van der Waals surface area contributed by atoms with Gasteiger partial charge in [-0.15, -0.1) is 0 Å². The van der Waals surface area contributed by atoms with Crippen LogP contribution in [0.3, 0.4) is 0 Å². The van der Waals surface area contributed by atoms with E-state index in [0.717, 1.165) is 26.1 Å². The highest BCUT2D eigenvalue weighted by atomic mass is 14.9. The van der Waals surface area contributed by atoms with Gasteiger partial charge in [0.15, 0.2) is 0 Å². The molecule has 0 heterocycles. The summed E-state index contributed by atoms with van der Waals surface area (Å²) < 4.78 is 0. The maximum absolute atomic E-state index is 5.58. The molecule has 19 heavy (non-hydrogen) atoms. The van der Waals surface area contributed by atoms with Crippen molar-refractivity contribution in [1.82, 2.24) is 5.32 Å². The molecular weight excluding hydrogens is 232 g/mol. The molecule has 0 saturated heterocycles. The summed E-state index contributed by atoms with van der Waals surface area (Å²) in [4.78, 5) is 0. The van der Waals surface area contributed by atoms with Gasteiger partial charge in [0.05, 0.1) is 0 Å². The van der Waals surface area contributed by atoms with Gasteiger partial charge in [0.1, 0.15) is 0 Å². The van der Waals surface area contributed by atoms with Gasteiger partial charge in [-0.1, -0.05) is 45.9 Å². The minimum absolute atomic E-state index is 0.218. The molecule has 1 aromatic rings. The SMILES string of the molecule is Cc1ccc(C(C)(C)C)cc1CNCC(C)CCN. The summed E-state index contributed by atoms with van der Waals surface area (Å²) in [6, 6.07) is 6.83. The third-order valence-corrected chi connectivity index (χ3v) is 3.68. The predicted molar refractivity (Wildman–Crippen MR) is 84.4 cm³/mol. The average molecular weight is 262 g/mol. The molecule has 3 N–H and O–H groups in total. The molecule has 2 heteroatoms. The zero-order chi connectivity index (χ0) is 14.5. The van der Waals surface area contributed by atoms with Gasteiger partial charge < -0.3 is 11.1 Å². The van der Waals surface area contributed by atoms with Gasteiger partial charge in [0, 0.05) is 6.54 Å². The van der Waals surface area contributed by atoms with Crippen LogP contribution in [0.25, 0.3) is 0 Å². The van der Waals surface area contributed by atoms with Crippen molar-refractivity contribution in [3.63, 3.8) is 0 Å². The Morgan fingerprint density at radius 2 is 1.95 bits per heavy atom. The molecular formula is C17H30N2. The maximum Gasteiger partial charge on any atom is 0.0208 e. The summed E-state index contributed by atoms with van der Waals surface area (Å²) in [5.41, 5.74) is 9.98. The van der Waals surface area contributed by atoms with Crippen LogP contribution in [-0.2, 0) is 12.0 Å². The van der Waals surface area contributed by atoms with Crippen LogP contribution in [0.4, 0.5) is 0 Å². The molecule has 108 valence electrons. The summed E-state index contributed by atoms with van der Waals surface area (Å²) in [5, 5.41) is 3.55. The van der Waals surface area contributed by atoms with Crippen LogP contribution in [-0.4, -0.2) is 13.1 Å². The number of nitrogens with two attached hydrogens (primary N) is 1. The Morgan fingerprint density at radius 1 is 1.26 bits per heavy atom. The van der Waals surface area contributed by atoms with Crippen LogP contribution in [0.2, 0.25) is 0 Å². The highest BCUT2D eigenvalue weighted by Gasteiger charge is 2.14. The molecule has 1 rings (SSSR count). The zero-order valence-electron chi connectivity index (χ0n) is 13.2. The molecule has 0 bridgehead atoms. The second kappa shape index (κ2) is 7.06. The lowest BCUT2D eigenvalue weighted by atomic mass is 9.85. The van der Waals surface area contributed by atoms with E-state index in [-0.39, 0.29) is 5.41 Å². The lowest BCUT2D eigenvalue weighted by Crippen LogP contribution is -2.23. The average Bonchev–Trinajstić information content (AvgIpc) is 2.30. The van der Waals surface area contributed by atoms with E-state index in [4.69, 9.17) is 5.73 Å². The maximum atomic E-state index is 5.58. The molecule has 0 aliphatic heterocycles. The van der Waals surface area contributed by atoms with Crippen LogP contribution in [0, 0.1) is 12.8 Å². The van der Waals surface area contributed by atoms with E-state index >= 15 is 0 Å². The summed E-state index contributed by atoms with van der Waals surface area (Å²) in [7, 11) is 0. The Kier molecular flexibility index (Phi) is 6.02. The lowest BCUT2D eigenvalue weighted by molar-refractivity contribution is 0.486. The second-order valence-corrected chi connectivity index (χ2v) is 6.70. The molecule has 0 aliphatic rings. The van der Waals surface area contributed by atoms with Gasteiger partial charge in [0.2, 0.25) is 0 Å². The quantitative estimate of drug-likeness (QED) is 0.825. The first-order valence-electron chi connectivity index (χ1n) is 7.35. The zero-order valence-corrected chi connectivity index (χ0v) is 13.2. The van der Waals surface area contributed by atoms with Gasteiger partial charge >= 0.3 is 0 Å².